The Bertz CT molecular complexity index is 294. The predicted molar refractivity (Wildman–Crippen MR) is 69.3 cm³/mol. The number of carbonyl (C=O) groups is 2. The number of rotatable bonds is 6. The van der Waals surface area contributed by atoms with E-state index in [0.29, 0.717) is 12.3 Å². The van der Waals surface area contributed by atoms with E-state index < -0.39 is 12.0 Å². The second-order valence-electron chi connectivity index (χ2n) is 4.99. The number of carboxylic acids is 1. The number of carbonyl (C=O) groups excluding carboxylic acids is 1. The van der Waals surface area contributed by atoms with Gasteiger partial charge in [-0.15, -0.1) is 0 Å². The molecule has 1 heterocycles. The molecule has 3 N–H and O–H groups in total. The Hall–Kier alpha value is -1.10. The first-order valence-corrected chi connectivity index (χ1v) is 6.85. The lowest BCUT2D eigenvalue weighted by atomic mass is 9.90. The highest BCUT2D eigenvalue weighted by Crippen LogP contribution is 2.19. The van der Waals surface area contributed by atoms with Gasteiger partial charge < -0.3 is 15.7 Å². The quantitative estimate of drug-likeness (QED) is 0.666. The van der Waals surface area contributed by atoms with Crippen molar-refractivity contribution in [3.8, 4) is 0 Å². The first kappa shape index (κ1) is 15.0. The van der Waals surface area contributed by atoms with Gasteiger partial charge in [-0.25, -0.2) is 4.79 Å². The monoisotopic (exact) mass is 256 g/mol. The zero-order valence-electron chi connectivity index (χ0n) is 11.2. The van der Waals surface area contributed by atoms with E-state index in [9.17, 15) is 9.59 Å². The molecule has 18 heavy (non-hydrogen) atoms. The first-order valence-electron chi connectivity index (χ1n) is 6.85. The third-order valence-electron chi connectivity index (χ3n) is 3.60. The SMILES string of the molecule is CCCC(NC(=O)C1CC(CC)CCN1)C(=O)O. The van der Waals surface area contributed by atoms with Crippen LogP contribution >= 0.6 is 0 Å². The van der Waals surface area contributed by atoms with Crippen molar-refractivity contribution in [2.75, 3.05) is 6.54 Å². The molecule has 0 spiro atoms. The van der Waals surface area contributed by atoms with Gasteiger partial charge in [0.1, 0.15) is 6.04 Å². The van der Waals surface area contributed by atoms with Crippen LogP contribution in [0.1, 0.15) is 46.0 Å². The lowest BCUT2D eigenvalue weighted by Crippen LogP contribution is -2.52. The molecule has 0 aromatic carbocycles. The van der Waals surface area contributed by atoms with E-state index >= 15 is 0 Å². The molecular weight excluding hydrogens is 232 g/mol. The Morgan fingerprint density at radius 1 is 1.44 bits per heavy atom. The molecule has 1 saturated heterocycles. The molecule has 0 aromatic rings. The van der Waals surface area contributed by atoms with Crippen LogP contribution in [0.5, 0.6) is 0 Å². The number of amides is 1. The molecule has 3 atom stereocenters. The van der Waals surface area contributed by atoms with Gasteiger partial charge in [-0.1, -0.05) is 26.7 Å². The second-order valence-corrected chi connectivity index (χ2v) is 4.99. The molecule has 3 unspecified atom stereocenters. The Morgan fingerprint density at radius 3 is 2.72 bits per heavy atom. The summed E-state index contributed by atoms with van der Waals surface area (Å²) in [6.07, 6.45) is 4.19. The van der Waals surface area contributed by atoms with Crippen LogP contribution in [0.4, 0.5) is 0 Å². The standard InChI is InChI=1S/C13H24N2O3/c1-3-5-10(13(17)18)15-12(16)11-8-9(4-2)6-7-14-11/h9-11,14H,3-8H2,1-2H3,(H,15,16)(H,17,18). The summed E-state index contributed by atoms with van der Waals surface area (Å²) in [5.74, 6) is -0.557. The zero-order valence-corrected chi connectivity index (χ0v) is 11.2. The Kier molecular flexibility index (Phi) is 6.12. The third kappa shape index (κ3) is 4.29. The van der Waals surface area contributed by atoms with Gasteiger partial charge in [0.15, 0.2) is 0 Å². The highest BCUT2D eigenvalue weighted by molar-refractivity contribution is 5.87. The van der Waals surface area contributed by atoms with E-state index in [1.165, 1.54) is 0 Å². The molecule has 104 valence electrons. The van der Waals surface area contributed by atoms with Crippen molar-refractivity contribution >= 4 is 11.9 Å². The van der Waals surface area contributed by atoms with Crippen molar-refractivity contribution in [1.29, 1.82) is 0 Å². The second kappa shape index (κ2) is 7.36. The van der Waals surface area contributed by atoms with Gasteiger partial charge in [0.05, 0.1) is 6.04 Å². The van der Waals surface area contributed by atoms with Gasteiger partial charge in [0.2, 0.25) is 5.91 Å². The van der Waals surface area contributed by atoms with Crippen LogP contribution in [0, 0.1) is 5.92 Å². The summed E-state index contributed by atoms with van der Waals surface area (Å²) in [7, 11) is 0. The van der Waals surface area contributed by atoms with Gasteiger partial charge in [0, 0.05) is 0 Å². The fraction of sp³-hybridized carbons (Fsp3) is 0.846. The van der Waals surface area contributed by atoms with E-state index in [-0.39, 0.29) is 11.9 Å². The highest BCUT2D eigenvalue weighted by atomic mass is 16.4. The molecule has 0 aromatic heterocycles. The van der Waals surface area contributed by atoms with Crippen molar-refractivity contribution in [2.45, 2.75) is 58.0 Å². The van der Waals surface area contributed by atoms with Crippen LogP contribution in [0.15, 0.2) is 0 Å². The van der Waals surface area contributed by atoms with Crippen LogP contribution in [0.25, 0.3) is 0 Å². The van der Waals surface area contributed by atoms with Gasteiger partial charge in [-0.3, -0.25) is 4.79 Å². The van der Waals surface area contributed by atoms with Crippen molar-refractivity contribution < 1.29 is 14.7 Å². The van der Waals surface area contributed by atoms with Crippen LogP contribution in [0.2, 0.25) is 0 Å². The molecule has 0 bridgehead atoms. The molecule has 1 fully saturated rings. The summed E-state index contributed by atoms with van der Waals surface area (Å²) in [5, 5.41) is 14.8. The van der Waals surface area contributed by atoms with Crippen LogP contribution in [-0.4, -0.2) is 35.6 Å². The van der Waals surface area contributed by atoms with Crippen molar-refractivity contribution in [2.24, 2.45) is 5.92 Å². The third-order valence-corrected chi connectivity index (χ3v) is 3.60. The zero-order chi connectivity index (χ0) is 13.5. The summed E-state index contributed by atoms with van der Waals surface area (Å²) in [5.41, 5.74) is 0. The lowest BCUT2D eigenvalue weighted by molar-refractivity contribution is -0.142. The summed E-state index contributed by atoms with van der Waals surface area (Å²) in [6.45, 7) is 4.87. The maximum atomic E-state index is 12.0. The Balaban J connectivity index is 2.50. The summed E-state index contributed by atoms with van der Waals surface area (Å²) < 4.78 is 0. The van der Waals surface area contributed by atoms with E-state index in [2.05, 4.69) is 17.6 Å². The molecule has 1 aliphatic rings. The summed E-state index contributed by atoms with van der Waals surface area (Å²) in [4.78, 5) is 23.0. The lowest BCUT2D eigenvalue weighted by Gasteiger charge is -2.29. The minimum Gasteiger partial charge on any atom is -0.480 e. The Morgan fingerprint density at radius 2 is 2.17 bits per heavy atom. The average Bonchev–Trinajstić information content (AvgIpc) is 2.38. The van der Waals surface area contributed by atoms with Gasteiger partial charge in [-0.05, 0) is 31.7 Å². The molecule has 1 rings (SSSR count). The molecular formula is C13H24N2O3. The van der Waals surface area contributed by atoms with Crippen LogP contribution in [-0.2, 0) is 9.59 Å². The molecule has 5 nitrogen and oxygen atoms in total. The minimum atomic E-state index is -0.951. The normalized spacial score (nSPS) is 25.4. The number of carboxylic acid groups (broad SMARTS) is 1. The number of hydrogen-bond acceptors (Lipinski definition) is 3. The maximum Gasteiger partial charge on any atom is 0.326 e. The van der Waals surface area contributed by atoms with Gasteiger partial charge in [0.25, 0.3) is 0 Å². The summed E-state index contributed by atoms with van der Waals surface area (Å²) >= 11 is 0. The van der Waals surface area contributed by atoms with Gasteiger partial charge in [-0.2, -0.15) is 0 Å². The molecule has 0 aliphatic carbocycles. The van der Waals surface area contributed by atoms with Crippen LogP contribution < -0.4 is 10.6 Å². The largest absolute Gasteiger partial charge is 0.480 e. The Labute approximate surface area is 108 Å². The average molecular weight is 256 g/mol. The number of nitrogens with one attached hydrogen (secondary N) is 2. The maximum absolute atomic E-state index is 12.0. The van der Waals surface area contributed by atoms with Crippen molar-refractivity contribution in [3.05, 3.63) is 0 Å². The van der Waals surface area contributed by atoms with E-state index in [4.69, 9.17) is 5.11 Å². The van der Waals surface area contributed by atoms with Gasteiger partial charge >= 0.3 is 5.97 Å². The topological polar surface area (TPSA) is 78.4 Å². The number of piperidine rings is 1. The fourth-order valence-corrected chi connectivity index (χ4v) is 2.39. The molecule has 1 amide bonds. The number of hydrogen-bond donors (Lipinski definition) is 3. The molecule has 0 radical (unpaired) electrons. The van der Waals surface area contributed by atoms with E-state index in [0.717, 1.165) is 32.2 Å². The van der Waals surface area contributed by atoms with Crippen molar-refractivity contribution in [3.63, 3.8) is 0 Å². The fourth-order valence-electron chi connectivity index (χ4n) is 2.39. The predicted octanol–water partition coefficient (Wildman–Crippen LogP) is 1.13. The smallest absolute Gasteiger partial charge is 0.326 e. The molecule has 5 heteroatoms. The van der Waals surface area contributed by atoms with Crippen LogP contribution in [0.3, 0.4) is 0 Å². The van der Waals surface area contributed by atoms with E-state index in [1.54, 1.807) is 0 Å². The molecule has 0 saturated carbocycles. The van der Waals surface area contributed by atoms with Crippen molar-refractivity contribution in [1.82, 2.24) is 10.6 Å². The molecule has 1 aliphatic heterocycles. The first-order chi connectivity index (χ1) is 8.58. The number of aliphatic carboxylic acids is 1. The highest BCUT2D eigenvalue weighted by Gasteiger charge is 2.28. The van der Waals surface area contributed by atoms with E-state index in [1.807, 2.05) is 6.92 Å². The minimum absolute atomic E-state index is 0.172. The summed E-state index contributed by atoms with van der Waals surface area (Å²) in [6, 6.07) is -0.992.